The van der Waals surface area contributed by atoms with Gasteiger partial charge in [-0.05, 0) is 34.9 Å². The number of ether oxygens (including phenoxy) is 1. The van der Waals surface area contributed by atoms with Crippen molar-refractivity contribution in [3.63, 3.8) is 0 Å². The lowest BCUT2D eigenvalue weighted by molar-refractivity contribution is -0.139. The number of hydrogen-bond donors (Lipinski definition) is 0. The van der Waals surface area contributed by atoms with Crippen LogP contribution < -0.4 is 0 Å². The van der Waals surface area contributed by atoms with Crippen LogP contribution in [0.2, 0.25) is 0 Å². The number of nitrogens with zero attached hydrogens (tertiary/aromatic N) is 3. The van der Waals surface area contributed by atoms with Gasteiger partial charge in [0.1, 0.15) is 0 Å². The van der Waals surface area contributed by atoms with E-state index in [-0.39, 0.29) is 18.9 Å². The van der Waals surface area contributed by atoms with E-state index in [4.69, 9.17) is 9.73 Å². The first-order chi connectivity index (χ1) is 19.9. The van der Waals surface area contributed by atoms with Gasteiger partial charge in [-0.25, -0.2) is 9.79 Å². The summed E-state index contributed by atoms with van der Waals surface area (Å²) in [6.07, 6.45) is 0.187. The van der Waals surface area contributed by atoms with Gasteiger partial charge in [0.25, 0.3) is 0 Å². The van der Waals surface area contributed by atoms with Crippen LogP contribution in [-0.4, -0.2) is 40.5 Å². The molecule has 0 aromatic heterocycles. The van der Waals surface area contributed by atoms with Crippen molar-refractivity contribution in [2.45, 2.75) is 45.7 Å². The molecule has 0 N–H and O–H groups in total. The Labute approximate surface area is 246 Å². The van der Waals surface area contributed by atoms with Crippen molar-refractivity contribution in [3.8, 4) is 0 Å². The molecule has 0 spiro atoms. The molecule has 5 rings (SSSR count). The predicted molar refractivity (Wildman–Crippen MR) is 166 cm³/mol. The lowest BCUT2D eigenvalue weighted by atomic mass is 9.90. The molecule has 3 aromatic rings. The first-order valence-electron chi connectivity index (χ1n) is 14.0. The van der Waals surface area contributed by atoms with Crippen molar-refractivity contribution in [1.82, 2.24) is 9.80 Å². The van der Waals surface area contributed by atoms with Crippen LogP contribution in [0.25, 0.3) is 5.70 Å². The summed E-state index contributed by atoms with van der Waals surface area (Å²) in [4.78, 5) is 35.9. The van der Waals surface area contributed by atoms with Crippen LogP contribution in [-0.2, 0) is 20.9 Å². The first kappa shape index (κ1) is 28.4. The Morgan fingerprint density at radius 2 is 1.63 bits per heavy atom. The Hall–Kier alpha value is -4.10. The van der Waals surface area contributed by atoms with E-state index < -0.39 is 12.0 Å². The molecule has 2 aliphatic heterocycles. The Balaban J connectivity index is 1.55. The van der Waals surface area contributed by atoms with Crippen LogP contribution in [0, 0.1) is 0 Å². The fourth-order valence-corrected chi connectivity index (χ4v) is 6.02. The fourth-order valence-electron chi connectivity index (χ4n) is 5.10. The van der Waals surface area contributed by atoms with Crippen molar-refractivity contribution < 1.29 is 14.3 Å². The zero-order chi connectivity index (χ0) is 28.9. The number of fused-ring (bicyclic) bond motifs is 1. The number of rotatable bonds is 9. The maximum atomic E-state index is 13.7. The van der Waals surface area contributed by atoms with Crippen molar-refractivity contribution >= 4 is 34.5 Å². The van der Waals surface area contributed by atoms with Gasteiger partial charge in [0.15, 0.2) is 5.17 Å². The number of carbonyl (C=O) groups is 2. The lowest BCUT2D eigenvalue weighted by Crippen LogP contribution is -2.38. The Morgan fingerprint density at radius 1 is 0.976 bits per heavy atom. The average Bonchev–Trinajstić information content (AvgIpc) is 3.39. The second-order valence-corrected chi connectivity index (χ2v) is 11.3. The highest BCUT2D eigenvalue weighted by atomic mass is 32.2. The van der Waals surface area contributed by atoms with Gasteiger partial charge >= 0.3 is 5.97 Å². The van der Waals surface area contributed by atoms with Gasteiger partial charge in [-0.1, -0.05) is 111 Å². The van der Waals surface area contributed by atoms with Crippen molar-refractivity contribution in [2.24, 2.45) is 4.99 Å². The third-order valence-corrected chi connectivity index (χ3v) is 8.18. The van der Waals surface area contributed by atoms with E-state index in [1.54, 1.807) is 4.90 Å². The van der Waals surface area contributed by atoms with Crippen molar-refractivity contribution in [2.75, 3.05) is 13.7 Å². The molecule has 6 nitrogen and oxygen atoms in total. The zero-order valence-corrected chi connectivity index (χ0v) is 24.7. The summed E-state index contributed by atoms with van der Waals surface area (Å²) in [7, 11) is 1.82. The van der Waals surface area contributed by atoms with Crippen LogP contribution >= 0.6 is 11.8 Å². The number of thioether (sulfide) groups is 1. The van der Waals surface area contributed by atoms with Crippen molar-refractivity contribution in [3.05, 3.63) is 124 Å². The molecule has 0 aliphatic carbocycles. The topological polar surface area (TPSA) is 62.2 Å². The molecule has 2 heterocycles. The summed E-state index contributed by atoms with van der Waals surface area (Å²) in [5.41, 5.74) is 5.95. The lowest BCUT2D eigenvalue weighted by Gasteiger charge is -2.37. The monoisotopic (exact) mass is 565 g/mol. The van der Waals surface area contributed by atoms with E-state index in [1.807, 2.05) is 84.9 Å². The zero-order valence-electron chi connectivity index (χ0n) is 23.9. The number of amidine groups is 1. The third kappa shape index (κ3) is 6.15. The van der Waals surface area contributed by atoms with Gasteiger partial charge in [0.2, 0.25) is 5.91 Å². The van der Waals surface area contributed by atoms with Crippen LogP contribution in [0.3, 0.4) is 0 Å². The number of hydrogen-bond acceptors (Lipinski definition) is 6. The summed E-state index contributed by atoms with van der Waals surface area (Å²) in [6, 6.07) is 27.6. The molecule has 0 fully saturated rings. The van der Waals surface area contributed by atoms with Crippen molar-refractivity contribution in [1.29, 1.82) is 0 Å². The maximum Gasteiger partial charge on any atom is 0.338 e. The second-order valence-electron chi connectivity index (χ2n) is 10.5. The van der Waals surface area contributed by atoms with Crippen LogP contribution in [0.5, 0.6) is 0 Å². The molecule has 0 saturated heterocycles. The van der Waals surface area contributed by atoms with E-state index in [1.165, 1.54) is 17.3 Å². The summed E-state index contributed by atoms with van der Waals surface area (Å²) >= 11 is 1.48. The second kappa shape index (κ2) is 12.6. The normalized spacial score (nSPS) is 16.3. The highest BCUT2D eigenvalue weighted by Crippen LogP contribution is 2.47. The largest absolute Gasteiger partial charge is 0.463 e. The van der Waals surface area contributed by atoms with E-state index in [9.17, 15) is 9.59 Å². The van der Waals surface area contributed by atoms with Crippen LogP contribution in [0.15, 0.2) is 107 Å². The smallest absolute Gasteiger partial charge is 0.338 e. The summed E-state index contributed by atoms with van der Waals surface area (Å²) in [5, 5.41) is 2.72. The van der Waals surface area contributed by atoms with E-state index >= 15 is 0 Å². The molecule has 1 amide bonds. The number of aliphatic imine (C=N–C) groups is 1. The summed E-state index contributed by atoms with van der Waals surface area (Å²) < 4.78 is 5.62. The molecule has 0 bridgehead atoms. The molecule has 210 valence electrons. The van der Waals surface area contributed by atoms with Gasteiger partial charge in [-0.15, -0.1) is 0 Å². The standard InChI is InChI=1S/C34H35N3O3S/c1-5-40-33(39)30-31(26-14-10-7-11-15-26)35-34-37(32(30)27-18-16-25(17-19-27)23(2)3)28(22-41-34)20-29(38)36(4)21-24-12-8-6-9-13-24/h6-19,22-23,32H,5,20-21H2,1-4H3. The van der Waals surface area contributed by atoms with Gasteiger partial charge in [0, 0.05) is 24.9 Å². The van der Waals surface area contributed by atoms with E-state index in [0.29, 0.717) is 23.7 Å². The summed E-state index contributed by atoms with van der Waals surface area (Å²) in [6.45, 7) is 6.90. The van der Waals surface area contributed by atoms with Crippen LogP contribution in [0.4, 0.5) is 0 Å². The predicted octanol–water partition coefficient (Wildman–Crippen LogP) is 7.13. The number of esters is 1. The molecule has 1 atom stereocenters. The molecule has 7 heteroatoms. The third-order valence-electron chi connectivity index (χ3n) is 7.29. The van der Waals surface area contributed by atoms with Gasteiger partial charge in [-0.3, -0.25) is 4.79 Å². The molecule has 2 aliphatic rings. The van der Waals surface area contributed by atoms with Crippen LogP contribution in [0.1, 0.15) is 61.4 Å². The van der Waals surface area contributed by atoms with Gasteiger partial charge in [0.05, 0.1) is 30.3 Å². The minimum atomic E-state index is -0.494. The SMILES string of the molecule is CCOC(=O)C1=C(c2ccccc2)N=C2SC=C(CC(=O)N(C)Cc3ccccc3)N2C1c1ccc(C(C)C)cc1. The molecular formula is C34H35N3O3S. The molecule has 41 heavy (non-hydrogen) atoms. The molecule has 3 aromatic carbocycles. The minimum Gasteiger partial charge on any atom is -0.463 e. The Morgan fingerprint density at radius 3 is 2.27 bits per heavy atom. The highest BCUT2D eigenvalue weighted by molar-refractivity contribution is 8.16. The Bertz CT molecular complexity index is 1500. The number of amides is 1. The molecule has 0 saturated carbocycles. The van der Waals surface area contributed by atoms with E-state index in [2.05, 4.69) is 38.1 Å². The molecule has 0 radical (unpaired) electrons. The Kier molecular flexibility index (Phi) is 8.74. The van der Waals surface area contributed by atoms with E-state index in [0.717, 1.165) is 27.6 Å². The number of benzene rings is 3. The quantitative estimate of drug-likeness (QED) is 0.258. The molecular weight excluding hydrogens is 530 g/mol. The first-order valence-corrected chi connectivity index (χ1v) is 14.8. The summed E-state index contributed by atoms with van der Waals surface area (Å²) in [5.74, 6) is -0.0368. The maximum absolute atomic E-state index is 13.7. The van der Waals surface area contributed by atoms with Gasteiger partial charge < -0.3 is 14.5 Å². The molecule has 1 unspecified atom stereocenters. The number of carbonyl (C=O) groups excluding carboxylic acids is 2. The average molecular weight is 566 g/mol. The fraction of sp³-hybridized carbons (Fsp3) is 0.265. The highest BCUT2D eigenvalue weighted by Gasteiger charge is 2.42. The van der Waals surface area contributed by atoms with Gasteiger partial charge in [-0.2, -0.15) is 0 Å². The minimum absolute atomic E-state index is 0.00798.